The van der Waals surface area contributed by atoms with Crippen LogP contribution in [0.4, 0.5) is 0 Å². The van der Waals surface area contributed by atoms with Gasteiger partial charge in [0.1, 0.15) is 0 Å². The van der Waals surface area contributed by atoms with E-state index in [0.717, 1.165) is 5.56 Å². The quantitative estimate of drug-likeness (QED) is 0.692. The molecule has 0 aliphatic rings. The number of nitrogens with zero attached hydrogens (tertiary/aromatic N) is 1. The van der Waals surface area contributed by atoms with Crippen LogP contribution in [0.25, 0.3) is 6.08 Å². The topological polar surface area (TPSA) is 59.1 Å². The van der Waals surface area contributed by atoms with Crippen LogP contribution in [-0.2, 0) is 0 Å². The highest BCUT2D eigenvalue weighted by atomic mass is 16.3. The van der Waals surface area contributed by atoms with Gasteiger partial charge in [0.2, 0.25) is 0 Å². The van der Waals surface area contributed by atoms with E-state index in [9.17, 15) is 0 Å². The van der Waals surface area contributed by atoms with Crippen molar-refractivity contribution < 1.29 is 5.11 Å². The van der Waals surface area contributed by atoms with Gasteiger partial charge in [0.15, 0.2) is 0 Å². The Morgan fingerprint density at radius 2 is 2.42 bits per heavy atom. The van der Waals surface area contributed by atoms with Crippen molar-refractivity contribution in [3.63, 3.8) is 0 Å². The first-order valence-electron chi connectivity index (χ1n) is 3.72. The van der Waals surface area contributed by atoms with Gasteiger partial charge in [-0.2, -0.15) is 0 Å². The van der Waals surface area contributed by atoms with E-state index >= 15 is 0 Å². The Hall–Kier alpha value is -1.19. The van der Waals surface area contributed by atoms with E-state index in [0.29, 0.717) is 5.69 Å². The summed E-state index contributed by atoms with van der Waals surface area (Å²) in [7, 11) is 0. The Bertz CT molecular complexity index is 256. The van der Waals surface area contributed by atoms with Crippen molar-refractivity contribution in [3.05, 3.63) is 36.2 Å². The summed E-state index contributed by atoms with van der Waals surface area (Å²) in [6.07, 6.45) is 3.39. The molecule has 12 heavy (non-hydrogen) atoms. The molecule has 1 aromatic rings. The minimum absolute atomic E-state index is 0.0829. The van der Waals surface area contributed by atoms with Crippen molar-refractivity contribution >= 4 is 6.08 Å². The zero-order valence-electron chi connectivity index (χ0n) is 6.77. The fourth-order valence-electron chi connectivity index (χ4n) is 0.850. The van der Waals surface area contributed by atoms with Crippen LogP contribution in [0.5, 0.6) is 0 Å². The standard InChI is InChI=1S/C9H12N2O/c1-2-7-3-4-9(11-5-7)8(10)6-12/h2-5,8,12H,1,6,10H2. The molecule has 0 aromatic carbocycles. The van der Waals surface area contributed by atoms with E-state index in [2.05, 4.69) is 11.6 Å². The summed E-state index contributed by atoms with van der Waals surface area (Å²) in [5.74, 6) is 0. The van der Waals surface area contributed by atoms with Crippen LogP contribution in [0.2, 0.25) is 0 Å². The third-order valence-corrected chi connectivity index (χ3v) is 1.62. The molecule has 0 aliphatic heterocycles. The summed E-state index contributed by atoms with van der Waals surface area (Å²) in [5.41, 5.74) is 7.19. The van der Waals surface area contributed by atoms with Crippen LogP contribution in [-0.4, -0.2) is 16.7 Å². The monoisotopic (exact) mass is 164 g/mol. The molecule has 0 fully saturated rings. The molecule has 64 valence electrons. The first kappa shape index (κ1) is 8.90. The molecule has 1 aromatic heterocycles. The Labute approximate surface area is 71.6 Å². The van der Waals surface area contributed by atoms with Gasteiger partial charge in [-0.15, -0.1) is 0 Å². The van der Waals surface area contributed by atoms with Crippen molar-refractivity contribution in [2.45, 2.75) is 6.04 Å². The molecule has 1 heterocycles. The fraction of sp³-hybridized carbons (Fsp3) is 0.222. The fourth-order valence-corrected chi connectivity index (χ4v) is 0.850. The van der Waals surface area contributed by atoms with Gasteiger partial charge in [-0.1, -0.05) is 18.7 Å². The largest absolute Gasteiger partial charge is 0.394 e. The summed E-state index contributed by atoms with van der Waals surface area (Å²) in [6.45, 7) is 3.52. The smallest absolute Gasteiger partial charge is 0.0704 e. The zero-order valence-corrected chi connectivity index (χ0v) is 6.77. The summed E-state index contributed by atoms with van der Waals surface area (Å²) < 4.78 is 0. The summed E-state index contributed by atoms with van der Waals surface area (Å²) in [6, 6.07) is 3.27. The van der Waals surface area contributed by atoms with Crippen LogP contribution in [0.1, 0.15) is 17.3 Å². The number of hydrogen-bond donors (Lipinski definition) is 2. The first-order chi connectivity index (χ1) is 5.77. The van der Waals surface area contributed by atoms with Crippen molar-refractivity contribution in [2.75, 3.05) is 6.61 Å². The summed E-state index contributed by atoms with van der Waals surface area (Å²) in [5, 5.41) is 8.73. The van der Waals surface area contributed by atoms with Gasteiger partial charge in [-0.05, 0) is 11.6 Å². The third-order valence-electron chi connectivity index (χ3n) is 1.62. The van der Waals surface area contributed by atoms with Gasteiger partial charge in [0.25, 0.3) is 0 Å². The molecular formula is C9H12N2O. The average molecular weight is 164 g/mol. The summed E-state index contributed by atoms with van der Waals surface area (Å²) >= 11 is 0. The molecule has 1 unspecified atom stereocenters. The van der Waals surface area contributed by atoms with E-state index in [1.807, 2.05) is 6.07 Å². The van der Waals surface area contributed by atoms with E-state index in [1.54, 1.807) is 18.3 Å². The molecule has 0 aliphatic carbocycles. The van der Waals surface area contributed by atoms with Gasteiger partial charge in [0.05, 0.1) is 18.3 Å². The van der Waals surface area contributed by atoms with Crippen LogP contribution in [0.3, 0.4) is 0 Å². The Morgan fingerprint density at radius 3 is 2.83 bits per heavy atom. The SMILES string of the molecule is C=Cc1ccc(C(N)CO)nc1. The first-order valence-corrected chi connectivity index (χ1v) is 3.72. The number of rotatable bonds is 3. The molecule has 3 N–H and O–H groups in total. The van der Waals surface area contributed by atoms with Crippen molar-refractivity contribution in [2.24, 2.45) is 5.73 Å². The maximum atomic E-state index is 8.73. The molecule has 1 atom stereocenters. The maximum absolute atomic E-state index is 8.73. The number of pyridine rings is 1. The minimum Gasteiger partial charge on any atom is -0.394 e. The summed E-state index contributed by atoms with van der Waals surface area (Å²) in [4.78, 5) is 4.06. The van der Waals surface area contributed by atoms with Gasteiger partial charge < -0.3 is 10.8 Å². The molecule has 3 heteroatoms. The lowest BCUT2D eigenvalue weighted by Crippen LogP contribution is -2.15. The second kappa shape index (κ2) is 3.99. The molecule has 0 saturated heterocycles. The number of aliphatic hydroxyl groups is 1. The molecule has 0 radical (unpaired) electrons. The lowest BCUT2D eigenvalue weighted by Gasteiger charge is -2.06. The Morgan fingerprint density at radius 1 is 1.67 bits per heavy atom. The van der Waals surface area contributed by atoms with Crippen LogP contribution < -0.4 is 5.73 Å². The van der Waals surface area contributed by atoms with E-state index in [4.69, 9.17) is 10.8 Å². The van der Waals surface area contributed by atoms with Crippen LogP contribution in [0.15, 0.2) is 24.9 Å². The van der Waals surface area contributed by atoms with Crippen molar-refractivity contribution in [3.8, 4) is 0 Å². The lowest BCUT2D eigenvalue weighted by molar-refractivity contribution is 0.266. The Balaban J connectivity index is 2.84. The number of nitrogens with two attached hydrogens (primary N) is 1. The molecule has 0 bridgehead atoms. The van der Waals surface area contributed by atoms with Gasteiger partial charge in [-0.25, -0.2) is 0 Å². The van der Waals surface area contributed by atoms with E-state index in [1.165, 1.54) is 0 Å². The lowest BCUT2D eigenvalue weighted by atomic mass is 10.2. The molecule has 1 rings (SSSR count). The third kappa shape index (κ3) is 1.90. The zero-order chi connectivity index (χ0) is 8.97. The average Bonchev–Trinajstić information content (AvgIpc) is 2.17. The predicted octanol–water partition coefficient (Wildman–Crippen LogP) is 0.717. The number of aliphatic hydroxyl groups excluding tert-OH is 1. The highest BCUT2D eigenvalue weighted by Crippen LogP contribution is 2.07. The van der Waals surface area contributed by atoms with Crippen LogP contribution >= 0.6 is 0 Å². The van der Waals surface area contributed by atoms with Crippen molar-refractivity contribution in [1.82, 2.24) is 4.98 Å². The van der Waals surface area contributed by atoms with Gasteiger partial charge in [0, 0.05) is 6.20 Å². The second-order valence-electron chi connectivity index (χ2n) is 2.51. The highest BCUT2D eigenvalue weighted by Gasteiger charge is 2.03. The molecule has 3 nitrogen and oxygen atoms in total. The minimum atomic E-state index is -0.385. The van der Waals surface area contributed by atoms with E-state index < -0.39 is 0 Å². The number of hydrogen-bond acceptors (Lipinski definition) is 3. The van der Waals surface area contributed by atoms with Crippen LogP contribution in [0, 0.1) is 0 Å². The highest BCUT2D eigenvalue weighted by molar-refractivity contribution is 5.45. The number of aromatic nitrogens is 1. The van der Waals surface area contributed by atoms with Crippen molar-refractivity contribution in [1.29, 1.82) is 0 Å². The second-order valence-corrected chi connectivity index (χ2v) is 2.51. The predicted molar refractivity (Wildman–Crippen MR) is 48.3 cm³/mol. The molecule has 0 spiro atoms. The normalized spacial score (nSPS) is 12.5. The molecule has 0 amide bonds. The molecular weight excluding hydrogens is 152 g/mol. The van der Waals surface area contributed by atoms with E-state index in [-0.39, 0.29) is 12.6 Å². The molecule has 0 saturated carbocycles. The Kier molecular flexibility index (Phi) is 2.96. The van der Waals surface area contributed by atoms with Gasteiger partial charge in [-0.3, -0.25) is 4.98 Å². The van der Waals surface area contributed by atoms with Gasteiger partial charge >= 0.3 is 0 Å². The maximum Gasteiger partial charge on any atom is 0.0704 e.